The van der Waals surface area contributed by atoms with Crippen molar-refractivity contribution in [2.45, 2.75) is 19.5 Å². The van der Waals surface area contributed by atoms with Crippen LogP contribution in [0, 0.1) is 5.82 Å². The van der Waals surface area contributed by atoms with E-state index in [-0.39, 0.29) is 17.6 Å². The minimum atomic E-state index is -0.244. The molecule has 0 bridgehead atoms. The van der Waals surface area contributed by atoms with Gasteiger partial charge in [-0.1, -0.05) is 12.1 Å². The number of ether oxygens (including phenoxy) is 1. The molecule has 0 radical (unpaired) electrons. The van der Waals surface area contributed by atoms with Crippen molar-refractivity contribution in [1.82, 2.24) is 5.32 Å². The Morgan fingerprint density at radius 3 is 2.55 bits per heavy atom. The number of aromatic hydroxyl groups is 1. The first-order chi connectivity index (χ1) is 9.60. The van der Waals surface area contributed by atoms with Crippen molar-refractivity contribution in [2.75, 3.05) is 7.11 Å². The Labute approximate surface area is 118 Å². The predicted molar refractivity (Wildman–Crippen MR) is 76.3 cm³/mol. The highest BCUT2D eigenvalue weighted by atomic mass is 19.1. The van der Waals surface area contributed by atoms with Gasteiger partial charge in [-0.15, -0.1) is 0 Å². The molecule has 3 nitrogen and oxygen atoms in total. The van der Waals surface area contributed by atoms with E-state index < -0.39 is 0 Å². The van der Waals surface area contributed by atoms with Crippen LogP contribution in [0.2, 0.25) is 0 Å². The number of methoxy groups -OCH3 is 1. The summed E-state index contributed by atoms with van der Waals surface area (Å²) in [5.41, 5.74) is 1.76. The standard InChI is InChI=1S/C16H18FNO2/c1-11(12-3-5-14(17)6-4-12)18-10-13-9-15(20-2)7-8-16(13)19/h3-9,11,18-19H,10H2,1-2H3/t11-/m1/s1. The van der Waals surface area contributed by atoms with E-state index in [1.165, 1.54) is 12.1 Å². The van der Waals surface area contributed by atoms with Crippen molar-refractivity contribution in [3.63, 3.8) is 0 Å². The van der Waals surface area contributed by atoms with Gasteiger partial charge in [0.2, 0.25) is 0 Å². The molecule has 0 saturated carbocycles. The van der Waals surface area contributed by atoms with Gasteiger partial charge in [0, 0.05) is 18.2 Å². The smallest absolute Gasteiger partial charge is 0.123 e. The Bertz CT molecular complexity index is 569. The Morgan fingerprint density at radius 2 is 1.90 bits per heavy atom. The van der Waals surface area contributed by atoms with Gasteiger partial charge >= 0.3 is 0 Å². The lowest BCUT2D eigenvalue weighted by Gasteiger charge is -2.15. The number of rotatable bonds is 5. The summed E-state index contributed by atoms with van der Waals surface area (Å²) < 4.78 is 18.0. The topological polar surface area (TPSA) is 41.5 Å². The number of hydrogen-bond donors (Lipinski definition) is 2. The van der Waals surface area contributed by atoms with Gasteiger partial charge in [-0.2, -0.15) is 0 Å². The Balaban J connectivity index is 2.02. The summed E-state index contributed by atoms with van der Waals surface area (Å²) in [7, 11) is 1.59. The highest BCUT2D eigenvalue weighted by Gasteiger charge is 2.08. The van der Waals surface area contributed by atoms with Crippen LogP contribution in [0.1, 0.15) is 24.1 Å². The lowest BCUT2D eigenvalue weighted by molar-refractivity contribution is 0.409. The molecule has 0 aliphatic heterocycles. The summed E-state index contributed by atoms with van der Waals surface area (Å²) in [6, 6.07) is 11.5. The number of benzene rings is 2. The van der Waals surface area contributed by atoms with E-state index in [1.54, 1.807) is 37.4 Å². The maximum absolute atomic E-state index is 12.9. The Kier molecular flexibility index (Phi) is 4.58. The van der Waals surface area contributed by atoms with Gasteiger partial charge in [-0.3, -0.25) is 0 Å². The molecule has 1 atom stereocenters. The number of nitrogens with one attached hydrogen (secondary N) is 1. The number of phenolic OH excluding ortho intramolecular Hbond substituents is 1. The van der Waals surface area contributed by atoms with E-state index >= 15 is 0 Å². The van der Waals surface area contributed by atoms with Crippen molar-refractivity contribution in [3.05, 3.63) is 59.4 Å². The van der Waals surface area contributed by atoms with Gasteiger partial charge in [0.1, 0.15) is 17.3 Å². The summed E-state index contributed by atoms with van der Waals surface area (Å²) >= 11 is 0. The number of hydrogen-bond acceptors (Lipinski definition) is 3. The van der Waals surface area contributed by atoms with Crippen LogP contribution in [0.4, 0.5) is 4.39 Å². The highest BCUT2D eigenvalue weighted by Crippen LogP contribution is 2.23. The molecule has 2 aromatic rings. The maximum atomic E-state index is 12.9. The first-order valence-electron chi connectivity index (χ1n) is 6.45. The Hall–Kier alpha value is -2.07. The van der Waals surface area contributed by atoms with E-state index in [0.29, 0.717) is 12.3 Å². The molecule has 0 amide bonds. The molecule has 4 heteroatoms. The van der Waals surface area contributed by atoms with Crippen molar-refractivity contribution >= 4 is 0 Å². The average Bonchev–Trinajstić information content (AvgIpc) is 2.47. The molecule has 20 heavy (non-hydrogen) atoms. The molecule has 2 N–H and O–H groups in total. The molecule has 0 aliphatic carbocycles. The average molecular weight is 275 g/mol. The fraction of sp³-hybridized carbons (Fsp3) is 0.250. The van der Waals surface area contributed by atoms with Crippen LogP contribution in [-0.4, -0.2) is 12.2 Å². The molecule has 0 spiro atoms. The third kappa shape index (κ3) is 3.48. The van der Waals surface area contributed by atoms with Crippen molar-refractivity contribution in [1.29, 1.82) is 0 Å². The molecule has 0 unspecified atom stereocenters. The molecular weight excluding hydrogens is 257 g/mol. The second-order valence-corrected chi connectivity index (χ2v) is 4.65. The second-order valence-electron chi connectivity index (χ2n) is 4.65. The minimum Gasteiger partial charge on any atom is -0.508 e. The molecule has 2 rings (SSSR count). The second kappa shape index (κ2) is 6.39. The zero-order chi connectivity index (χ0) is 14.5. The third-order valence-corrected chi connectivity index (χ3v) is 3.26. The normalized spacial score (nSPS) is 12.2. The van der Waals surface area contributed by atoms with E-state index in [1.807, 2.05) is 6.92 Å². The van der Waals surface area contributed by atoms with E-state index in [9.17, 15) is 9.50 Å². The van der Waals surface area contributed by atoms with Crippen molar-refractivity contribution in [3.8, 4) is 11.5 Å². The summed E-state index contributed by atoms with van der Waals surface area (Å²) in [6.45, 7) is 2.49. The van der Waals surface area contributed by atoms with Crippen LogP contribution in [0.25, 0.3) is 0 Å². The lowest BCUT2D eigenvalue weighted by atomic mass is 10.1. The third-order valence-electron chi connectivity index (χ3n) is 3.26. The van der Waals surface area contributed by atoms with Crippen LogP contribution < -0.4 is 10.1 Å². The predicted octanol–water partition coefficient (Wildman–Crippen LogP) is 3.39. The fourth-order valence-corrected chi connectivity index (χ4v) is 1.96. The van der Waals surface area contributed by atoms with E-state index in [4.69, 9.17) is 4.74 Å². The molecule has 2 aromatic carbocycles. The van der Waals surface area contributed by atoms with Gasteiger partial charge < -0.3 is 15.2 Å². The summed E-state index contributed by atoms with van der Waals surface area (Å²) in [5.74, 6) is 0.685. The first-order valence-corrected chi connectivity index (χ1v) is 6.45. The first kappa shape index (κ1) is 14.3. The minimum absolute atomic E-state index is 0.0567. The maximum Gasteiger partial charge on any atom is 0.123 e. The molecule has 0 heterocycles. The Morgan fingerprint density at radius 1 is 1.20 bits per heavy atom. The summed E-state index contributed by atoms with van der Waals surface area (Å²) in [4.78, 5) is 0. The fourth-order valence-electron chi connectivity index (χ4n) is 1.96. The molecule has 0 saturated heterocycles. The van der Waals surface area contributed by atoms with E-state index in [0.717, 1.165) is 11.1 Å². The van der Waals surface area contributed by atoms with Crippen LogP contribution in [0.15, 0.2) is 42.5 Å². The largest absolute Gasteiger partial charge is 0.508 e. The summed E-state index contributed by atoms with van der Waals surface area (Å²) in [5, 5.41) is 13.1. The van der Waals surface area contributed by atoms with Gasteiger partial charge in [0.05, 0.1) is 7.11 Å². The number of halogens is 1. The van der Waals surface area contributed by atoms with Crippen LogP contribution in [0.3, 0.4) is 0 Å². The lowest BCUT2D eigenvalue weighted by Crippen LogP contribution is -2.18. The van der Waals surface area contributed by atoms with Crippen LogP contribution >= 0.6 is 0 Å². The molecule has 0 aliphatic rings. The van der Waals surface area contributed by atoms with Crippen LogP contribution in [-0.2, 0) is 6.54 Å². The van der Waals surface area contributed by atoms with Crippen LogP contribution in [0.5, 0.6) is 11.5 Å². The molecule has 0 aromatic heterocycles. The van der Waals surface area contributed by atoms with Gasteiger partial charge in [-0.05, 0) is 42.8 Å². The van der Waals surface area contributed by atoms with E-state index in [2.05, 4.69) is 5.32 Å². The SMILES string of the molecule is COc1ccc(O)c(CN[C@H](C)c2ccc(F)cc2)c1. The van der Waals surface area contributed by atoms with Gasteiger partial charge in [-0.25, -0.2) is 4.39 Å². The zero-order valence-electron chi connectivity index (χ0n) is 11.6. The van der Waals surface area contributed by atoms with Crippen molar-refractivity contribution in [2.24, 2.45) is 0 Å². The summed E-state index contributed by atoms with van der Waals surface area (Å²) in [6.07, 6.45) is 0. The highest BCUT2D eigenvalue weighted by molar-refractivity contribution is 5.39. The molecule has 106 valence electrons. The monoisotopic (exact) mass is 275 g/mol. The zero-order valence-corrected chi connectivity index (χ0v) is 11.6. The molecule has 0 fully saturated rings. The number of phenols is 1. The van der Waals surface area contributed by atoms with Gasteiger partial charge in [0.15, 0.2) is 0 Å². The van der Waals surface area contributed by atoms with Crippen molar-refractivity contribution < 1.29 is 14.2 Å². The molecular formula is C16H18FNO2. The van der Waals surface area contributed by atoms with Gasteiger partial charge in [0.25, 0.3) is 0 Å². The quantitative estimate of drug-likeness (QED) is 0.879.